The van der Waals surface area contributed by atoms with E-state index in [0.29, 0.717) is 23.7 Å². The van der Waals surface area contributed by atoms with Crippen LogP contribution in [0.2, 0.25) is 0 Å². The zero-order valence-electron chi connectivity index (χ0n) is 8.85. The minimum absolute atomic E-state index is 0.117. The Hall–Kier alpha value is -1.80. The molecule has 1 atom stereocenters. The molecule has 1 aromatic rings. The summed E-state index contributed by atoms with van der Waals surface area (Å²) in [6.45, 7) is 1.22. The van der Waals surface area contributed by atoms with Crippen LogP contribution >= 0.6 is 0 Å². The van der Waals surface area contributed by atoms with Gasteiger partial charge in [-0.3, -0.25) is 0 Å². The fraction of sp³-hybridized carbons (Fsp3) is 0.455. The summed E-state index contributed by atoms with van der Waals surface area (Å²) in [7, 11) is 0. The molecule has 0 amide bonds. The molecule has 5 nitrogen and oxygen atoms in total. The maximum absolute atomic E-state index is 8.88. The highest BCUT2D eigenvalue weighted by molar-refractivity contribution is 5.48. The maximum atomic E-state index is 8.88. The van der Waals surface area contributed by atoms with Gasteiger partial charge < -0.3 is 15.2 Å². The molecule has 0 saturated carbocycles. The van der Waals surface area contributed by atoms with Crippen LogP contribution in [-0.2, 0) is 4.74 Å². The Morgan fingerprint density at radius 1 is 1.69 bits per heavy atom. The number of rotatable bonds is 3. The van der Waals surface area contributed by atoms with Gasteiger partial charge in [-0.15, -0.1) is 0 Å². The Morgan fingerprint density at radius 2 is 2.56 bits per heavy atom. The first-order valence-electron chi connectivity index (χ1n) is 5.19. The number of ether oxygens (including phenoxy) is 2. The third kappa shape index (κ3) is 2.41. The van der Waals surface area contributed by atoms with Crippen LogP contribution in [0.4, 0.5) is 5.69 Å². The van der Waals surface area contributed by atoms with E-state index in [9.17, 15) is 0 Å². The third-order valence-corrected chi connectivity index (χ3v) is 2.42. The van der Waals surface area contributed by atoms with Crippen LogP contribution in [0.1, 0.15) is 18.4 Å². The number of nitrogen functional groups attached to an aromatic ring is 1. The summed E-state index contributed by atoms with van der Waals surface area (Å²) in [6, 6.07) is 3.56. The van der Waals surface area contributed by atoms with Gasteiger partial charge in [0.1, 0.15) is 18.2 Å². The fourth-order valence-corrected chi connectivity index (χ4v) is 1.61. The second-order valence-corrected chi connectivity index (χ2v) is 3.68. The van der Waals surface area contributed by atoms with Gasteiger partial charge in [-0.1, -0.05) is 0 Å². The van der Waals surface area contributed by atoms with Gasteiger partial charge in [-0.2, -0.15) is 5.26 Å². The summed E-state index contributed by atoms with van der Waals surface area (Å²) in [4.78, 5) is 3.98. The van der Waals surface area contributed by atoms with Crippen LogP contribution in [0.5, 0.6) is 5.88 Å². The van der Waals surface area contributed by atoms with Crippen LogP contribution in [0.15, 0.2) is 12.3 Å². The summed E-state index contributed by atoms with van der Waals surface area (Å²) < 4.78 is 10.9. The summed E-state index contributed by atoms with van der Waals surface area (Å²) in [5.74, 6) is 0.326. The quantitative estimate of drug-likeness (QED) is 0.823. The zero-order chi connectivity index (χ0) is 11.4. The number of nitrogens with two attached hydrogens (primary N) is 1. The number of hydrogen-bond donors (Lipinski definition) is 1. The topological polar surface area (TPSA) is 81.2 Å². The van der Waals surface area contributed by atoms with Crippen molar-refractivity contribution in [3.63, 3.8) is 0 Å². The molecule has 0 radical (unpaired) electrons. The smallest absolute Gasteiger partial charge is 0.231 e. The molecule has 84 valence electrons. The molecule has 1 fully saturated rings. The lowest BCUT2D eigenvalue weighted by molar-refractivity contribution is 0.0662. The van der Waals surface area contributed by atoms with Crippen molar-refractivity contribution in [1.29, 1.82) is 5.26 Å². The van der Waals surface area contributed by atoms with Crippen LogP contribution in [0, 0.1) is 11.3 Å². The molecule has 1 aliphatic heterocycles. The highest BCUT2D eigenvalue weighted by Gasteiger charge is 2.17. The van der Waals surface area contributed by atoms with Gasteiger partial charge >= 0.3 is 0 Å². The SMILES string of the molecule is N#Cc1cc(N)cnc1OCC1CCCO1. The van der Waals surface area contributed by atoms with Crippen molar-refractivity contribution < 1.29 is 9.47 Å². The Labute approximate surface area is 93.8 Å². The number of aromatic nitrogens is 1. The van der Waals surface area contributed by atoms with Crippen LogP contribution in [0.3, 0.4) is 0 Å². The van der Waals surface area contributed by atoms with Crippen molar-refractivity contribution in [3.8, 4) is 11.9 Å². The molecule has 2 rings (SSSR count). The number of nitriles is 1. The van der Waals surface area contributed by atoms with E-state index >= 15 is 0 Å². The van der Waals surface area contributed by atoms with Gasteiger partial charge in [0.15, 0.2) is 0 Å². The molecule has 2 N–H and O–H groups in total. The number of anilines is 1. The standard InChI is InChI=1S/C11H13N3O2/c12-5-8-4-9(13)6-14-11(8)16-7-10-2-1-3-15-10/h4,6,10H,1-3,7,13H2. The molecular formula is C11H13N3O2. The second-order valence-electron chi connectivity index (χ2n) is 3.68. The van der Waals surface area contributed by atoms with E-state index < -0.39 is 0 Å². The molecule has 1 aliphatic rings. The zero-order valence-corrected chi connectivity index (χ0v) is 8.85. The largest absolute Gasteiger partial charge is 0.474 e. The molecule has 16 heavy (non-hydrogen) atoms. The molecular weight excluding hydrogens is 206 g/mol. The van der Waals surface area contributed by atoms with E-state index in [2.05, 4.69) is 4.98 Å². The van der Waals surface area contributed by atoms with Crippen molar-refractivity contribution >= 4 is 5.69 Å². The average molecular weight is 219 g/mol. The van der Waals surface area contributed by atoms with E-state index in [1.54, 1.807) is 6.07 Å². The predicted octanol–water partition coefficient (Wildman–Crippen LogP) is 1.09. The average Bonchev–Trinajstić information content (AvgIpc) is 2.80. The Morgan fingerprint density at radius 3 is 3.25 bits per heavy atom. The van der Waals surface area contributed by atoms with E-state index in [0.717, 1.165) is 19.4 Å². The Kier molecular flexibility index (Phi) is 3.22. The summed E-state index contributed by atoms with van der Waals surface area (Å²) in [5, 5.41) is 8.88. The van der Waals surface area contributed by atoms with Crippen molar-refractivity contribution in [2.24, 2.45) is 0 Å². The van der Waals surface area contributed by atoms with Gasteiger partial charge in [0, 0.05) is 6.61 Å². The molecule has 0 aliphatic carbocycles. The highest BCUT2D eigenvalue weighted by Crippen LogP contribution is 2.19. The maximum Gasteiger partial charge on any atom is 0.231 e. The summed E-state index contributed by atoms with van der Waals surface area (Å²) in [6.07, 6.45) is 3.66. The molecule has 1 aromatic heterocycles. The van der Waals surface area contributed by atoms with Crippen LogP contribution in [-0.4, -0.2) is 24.3 Å². The molecule has 0 spiro atoms. The number of nitrogens with zero attached hydrogens (tertiary/aromatic N) is 2. The minimum atomic E-state index is 0.117. The van der Waals surface area contributed by atoms with Gasteiger partial charge in [-0.25, -0.2) is 4.98 Å². The van der Waals surface area contributed by atoms with E-state index in [4.69, 9.17) is 20.5 Å². The first kappa shape index (κ1) is 10.7. The molecule has 0 aromatic carbocycles. The molecule has 1 saturated heterocycles. The van der Waals surface area contributed by atoms with E-state index in [1.807, 2.05) is 6.07 Å². The highest BCUT2D eigenvalue weighted by atomic mass is 16.5. The van der Waals surface area contributed by atoms with Gasteiger partial charge in [0.05, 0.1) is 18.0 Å². The number of hydrogen-bond acceptors (Lipinski definition) is 5. The van der Waals surface area contributed by atoms with Crippen molar-refractivity contribution in [2.75, 3.05) is 18.9 Å². The predicted molar refractivity (Wildman–Crippen MR) is 57.8 cm³/mol. The van der Waals surface area contributed by atoms with Crippen molar-refractivity contribution in [1.82, 2.24) is 4.98 Å². The Bertz CT molecular complexity index is 408. The van der Waals surface area contributed by atoms with Gasteiger partial charge in [0.2, 0.25) is 5.88 Å². The van der Waals surface area contributed by atoms with Crippen molar-refractivity contribution in [3.05, 3.63) is 17.8 Å². The molecule has 0 bridgehead atoms. The molecule has 5 heteroatoms. The summed E-state index contributed by atoms with van der Waals surface area (Å²) in [5.41, 5.74) is 6.35. The lowest BCUT2D eigenvalue weighted by Crippen LogP contribution is -2.17. The third-order valence-electron chi connectivity index (χ3n) is 2.42. The van der Waals surface area contributed by atoms with Crippen LogP contribution < -0.4 is 10.5 Å². The molecule has 1 unspecified atom stereocenters. The van der Waals surface area contributed by atoms with Crippen molar-refractivity contribution in [2.45, 2.75) is 18.9 Å². The van der Waals surface area contributed by atoms with E-state index in [-0.39, 0.29) is 6.10 Å². The van der Waals surface area contributed by atoms with Gasteiger partial charge in [-0.05, 0) is 18.9 Å². The molecule has 2 heterocycles. The van der Waals surface area contributed by atoms with Crippen LogP contribution in [0.25, 0.3) is 0 Å². The first-order chi connectivity index (χ1) is 7.79. The minimum Gasteiger partial charge on any atom is -0.474 e. The first-order valence-corrected chi connectivity index (χ1v) is 5.19. The summed E-state index contributed by atoms with van der Waals surface area (Å²) >= 11 is 0. The lowest BCUT2D eigenvalue weighted by atomic mass is 10.2. The normalized spacial score (nSPS) is 19.3. The second kappa shape index (κ2) is 4.81. The van der Waals surface area contributed by atoms with Gasteiger partial charge in [0.25, 0.3) is 0 Å². The fourth-order valence-electron chi connectivity index (χ4n) is 1.61. The number of pyridine rings is 1. The monoisotopic (exact) mass is 219 g/mol. The lowest BCUT2D eigenvalue weighted by Gasteiger charge is -2.11. The van der Waals surface area contributed by atoms with E-state index in [1.165, 1.54) is 6.20 Å². The Balaban J connectivity index is 2.00.